The first-order valence-corrected chi connectivity index (χ1v) is 10.2. The summed E-state index contributed by atoms with van der Waals surface area (Å²) in [6, 6.07) is 1.77. The largest absolute Gasteiger partial charge is 0.507 e. The molecule has 0 aromatic heterocycles. The minimum absolute atomic E-state index is 0.402. The number of benzene rings is 2. The van der Waals surface area contributed by atoms with Crippen LogP contribution in [0, 0.1) is 6.92 Å². The van der Waals surface area contributed by atoms with Crippen molar-refractivity contribution < 1.29 is 44.0 Å². The summed E-state index contributed by atoms with van der Waals surface area (Å²) >= 11 is 0. The zero-order valence-corrected chi connectivity index (χ0v) is 14.1. The van der Waals surface area contributed by atoms with Gasteiger partial charge in [-0.1, -0.05) is 0 Å². The molecule has 0 atom stereocenters. The van der Waals surface area contributed by atoms with Gasteiger partial charge in [-0.25, -0.2) is 0 Å². The molecule has 4 N–H and O–H groups in total. The predicted octanol–water partition coefficient (Wildman–Crippen LogP) is 0.594. The van der Waals surface area contributed by atoms with Crippen LogP contribution in [0.1, 0.15) is 5.56 Å². The van der Waals surface area contributed by atoms with Crippen molar-refractivity contribution in [1.29, 1.82) is 0 Å². The number of phenols is 1. The van der Waals surface area contributed by atoms with Crippen molar-refractivity contribution in [1.82, 2.24) is 0 Å². The molecule has 13 heteroatoms. The Labute approximate surface area is 136 Å². The van der Waals surface area contributed by atoms with Crippen molar-refractivity contribution in [3.05, 3.63) is 23.8 Å². The molecule has 0 aliphatic carbocycles. The molecule has 2 rings (SSSR count). The van der Waals surface area contributed by atoms with Crippen LogP contribution in [0.3, 0.4) is 0 Å². The molecule has 0 amide bonds. The van der Waals surface area contributed by atoms with Gasteiger partial charge in [0.25, 0.3) is 30.4 Å². The molecule has 24 heavy (non-hydrogen) atoms. The Kier molecular flexibility index (Phi) is 4.15. The van der Waals surface area contributed by atoms with E-state index in [0.29, 0.717) is 18.2 Å². The Morgan fingerprint density at radius 3 is 1.67 bits per heavy atom. The van der Waals surface area contributed by atoms with E-state index in [1.54, 1.807) is 0 Å². The molecule has 0 spiro atoms. The van der Waals surface area contributed by atoms with E-state index in [-0.39, 0.29) is 0 Å². The second kappa shape index (κ2) is 5.37. The Morgan fingerprint density at radius 2 is 1.25 bits per heavy atom. The van der Waals surface area contributed by atoms with Crippen LogP contribution in [0.15, 0.2) is 32.9 Å². The third kappa shape index (κ3) is 3.22. The fourth-order valence-corrected chi connectivity index (χ4v) is 4.28. The standard InChI is InChI=1S/C11H10O10S3/c1-5-8(23(16,17)18)3-6-2-7(22(13,14)15)4-9(24(19,20)21)10(6)11(5)12/h2-4,12H,1H3,(H,13,14,15)(H,16,17,18)(H,19,20,21). The highest BCUT2D eigenvalue weighted by molar-refractivity contribution is 7.87. The lowest BCUT2D eigenvalue weighted by atomic mass is 10.1. The van der Waals surface area contributed by atoms with Gasteiger partial charge in [-0.15, -0.1) is 0 Å². The predicted molar refractivity (Wildman–Crippen MR) is 79.8 cm³/mol. The van der Waals surface area contributed by atoms with Gasteiger partial charge in [0.2, 0.25) is 0 Å². The maximum Gasteiger partial charge on any atom is 0.295 e. The van der Waals surface area contributed by atoms with Crippen LogP contribution in [0.5, 0.6) is 5.75 Å². The first-order chi connectivity index (χ1) is 10.6. The Morgan fingerprint density at radius 1 is 0.750 bits per heavy atom. The topological polar surface area (TPSA) is 183 Å². The van der Waals surface area contributed by atoms with Crippen LogP contribution in [0.2, 0.25) is 0 Å². The summed E-state index contributed by atoms with van der Waals surface area (Å²) in [5.41, 5.74) is -0.422. The van der Waals surface area contributed by atoms with E-state index in [0.717, 1.165) is 6.92 Å². The van der Waals surface area contributed by atoms with Crippen LogP contribution in [-0.4, -0.2) is 44.0 Å². The van der Waals surface area contributed by atoms with Crippen molar-refractivity contribution in [2.24, 2.45) is 0 Å². The van der Waals surface area contributed by atoms with Gasteiger partial charge in [-0.3, -0.25) is 13.7 Å². The highest BCUT2D eigenvalue weighted by Gasteiger charge is 2.26. The molecule has 0 saturated carbocycles. The average molecular weight is 398 g/mol. The van der Waals surface area contributed by atoms with E-state index < -0.39 is 67.1 Å². The van der Waals surface area contributed by atoms with Crippen LogP contribution < -0.4 is 0 Å². The third-order valence-electron chi connectivity index (χ3n) is 3.21. The number of fused-ring (bicyclic) bond motifs is 1. The van der Waals surface area contributed by atoms with Crippen molar-refractivity contribution in [3.63, 3.8) is 0 Å². The molecular weight excluding hydrogens is 388 g/mol. The summed E-state index contributed by atoms with van der Waals surface area (Å²) in [5, 5.41) is 9.04. The van der Waals surface area contributed by atoms with Crippen molar-refractivity contribution in [2.75, 3.05) is 0 Å². The monoisotopic (exact) mass is 398 g/mol. The molecule has 0 radical (unpaired) electrons. The summed E-state index contributed by atoms with van der Waals surface area (Å²) in [6.45, 7) is 1.06. The molecule has 0 saturated heterocycles. The molecule has 2 aromatic carbocycles. The van der Waals surface area contributed by atoms with Gasteiger partial charge in [0.1, 0.15) is 15.5 Å². The molecule has 0 bridgehead atoms. The van der Waals surface area contributed by atoms with Gasteiger partial charge in [0.15, 0.2) is 0 Å². The van der Waals surface area contributed by atoms with E-state index in [2.05, 4.69) is 0 Å². The number of hydrogen-bond acceptors (Lipinski definition) is 7. The van der Waals surface area contributed by atoms with Gasteiger partial charge in [0.05, 0.1) is 4.90 Å². The Hall–Kier alpha value is -1.77. The van der Waals surface area contributed by atoms with Crippen LogP contribution in [0.25, 0.3) is 10.8 Å². The maximum atomic E-state index is 11.5. The number of hydrogen-bond donors (Lipinski definition) is 4. The Bertz CT molecular complexity index is 1170. The molecule has 0 unspecified atom stereocenters. The summed E-state index contributed by atoms with van der Waals surface area (Å²) in [4.78, 5) is -2.83. The molecule has 10 nitrogen and oxygen atoms in total. The molecule has 0 aliphatic heterocycles. The summed E-state index contributed by atoms with van der Waals surface area (Å²) in [5.74, 6) is -0.908. The van der Waals surface area contributed by atoms with Crippen molar-refractivity contribution in [2.45, 2.75) is 21.6 Å². The molecule has 0 aliphatic rings. The van der Waals surface area contributed by atoms with Gasteiger partial charge in [-0.2, -0.15) is 25.3 Å². The summed E-state index contributed by atoms with van der Waals surface area (Å²) in [7, 11) is -14.8. The van der Waals surface area contributed by atoms with E-state index in [9.17, 15) is 34.9 Å². The lowest BCUT2D eigenvalue weighted by molar-refractivity contribution is 0.464. The molecule has 0 heterocycles. The quantitative estimate of drug-likeness (QED) is 0.534. The molecule has 132 valence electrons. The second-order valence-corrected chi connectivity index (χ2v) is 8.99. The van der Waals surface area contributed by atoms with Gasteiger partial charge in [-0.05, 0) is 30.5 Å². The SMILES string of the molecule is Cc1c(S(=O)(=O)O)cc2cc(S(=O)(=O)O)cc(S(=O)(=O)O)c2c1O. The van der Waals surface area contributed by atoms with Crippen molar-refractivity contribution in [3.8, 4) is 5.75 Å². The number of aromatic hydroxyl groups is 1. The fourth-order valence-electron chi connectivity index (χ4n) is 2.15. The van der Waals surface area contributed by atoms with E-state index in [1.807, 2.05) is 0 Å². The normalized spacial score (nSPS) is 13.3. The minimum Gasteiger partial charge on any atom is -0.507 e. The minimum atomic E-state index is -5.05. The molecule has 2 aromatic rings. The Balaban J connectivity index is 3.21. The highest BCUT2D eigenvalue weighted by atomic mass is 32.2. The summed E-state index contributed by atoms with van der Waals surface area (Å²) in [6.07, 6.45) is 0. The van der Waals surface area contributed by atoms with Crippen LogP contribution in [0.4, 0.5) is 0 Å². The lowest BCUT2D eigenvalue weighted by Crippen LogP contribution is -2.07. The first kappa shape index (κ1) is 18.6. The highest BCUT2D eigenvalue weighted by Crippen LogP contribution is 2.38. The van der Waals surface area contributed by atoms with Gasteiger partial charge < -0.3 is 5.11 Å². The number of rotatable bonds is 3. The number of phenolic OH excluding ortho intramolecular Hbond substituents is 1. The zero-order valence-electron chi connectivity index (χ0n) is 11.7. The van der Waals surface area contributed by atoms with Crippen LogP contribution in [-0.2, 0) is 30.4 Å². The van der Waals surface area contributed by atoms with E-state index in [1.165, 1.54) is 0 Å². The van der Waals surface area contributed by atoms with Crippen molar-refractivity contribution >= 4 is 41.1 Å². The average Bonchev–Trinajstić information content (AvgIpc) is 2.38. The van der Waals surface area contributed by atoms with E-state index in [4.69, 9.17) is 9.11 Å². The second-order valence-electron chi connectivity index (χ2n) is 4.79. The zero-order chi connectivity index (χ0) is 18.7. The maximum absolute atomic E-state index is 11.5. The summed E-state index contributed by atoms with van der Waals surface area (Å²) < 4.78 is 95.5. The third-order valence-corrected chi connectivity index (χ3v) is 5.90. The van der Waals surface area contributed by atoms with Crippen LogP contribution >= 0.6 is 0 Å². The molecular formula is C11H10O10S3. The van der Waals surface area contributed by atoms with Gasteiger partial charge >= 0.3 is 0 Å². The smallest absolute Gasteiger partial charge is 0.295 e. The molecule has 0 fully saturated rings. The first-order valence-electron chi connectivity index (χ1n) is 5.87. The van der Waals surface area contributed by atoms with E-state index >= 15 is 0 Å². The lowest BCUT2D eigenvalue weighted by Gasteiger charge is -2.13. The van der Waals surface area contributed by atoms with Gasteiger partial charge in [0, 0.05) is 10.9 Å². The fraction of sp³-hybridized carbons (Fsp3) is 0.0909.